The molecule has 2 N–H and O–H groups in total. The highest BCUT2D eigenvalue weighted by atomic mass is 19.4. The third-order valence-corrected chi connectivity index (χ3v) is 4.86. The molecule has 0 spiro atoms. The van der Waals surface area contributed by atoms with Crippen LogP contribution in [0.4, 0.5) is 19.0 Å². The predicted molar refractivity (Wildman–Crippen MR) is 93.8 cm³/mol. The number of hydrogen-bond acceptors (Lipinski definition) is 5. The van der Waals surface area contributed by atoms with Crippen molar-refractivity contribution in [1.82, 2.24) is 19.9 Å². The van der Waals surface area contributed by atoms with E-state index in [2.05, 4.69) is 20.8 Å². The summed E-state index contributed by atoms with van der Waals surface area (Å²) in [6.45, 7) is 0. The maximum Gasteiger partial charge on any atom is 0.434 e. The Morgan fingerprint density at radius 3 is 2.57 bits per heavy atom. The molecule has 0 bridgehead atoms. The van der Waals surface area contributed by atoms with Crippen LogP contribution in [-0.2, 0) is 6.18 Å². The molecular formula is C18H18F3N5O2. The van der Waals surface area contributed by atoms with Crippen LogP contribution in [0.5, 0.6) is 0 Å². The Kier molecular flexibility index (Phi) is 4.70. The first-order valence-electron chi connectivity index (χ1n) is 8.93. The lowest BCUT2D eigenvalue weighted by atomic mass is 9.91. The molecule has 0 aliphatic heterocycles. The topological polar surface area (TPSA) is 84.5 Å². The number of nitrogens with zero attached hydrogens (tertiary/aromatic N) is 3. The van der Waals surface area contributed by atoms with E-state index in [0.29, 0.717) is 5.82 Å². The molecule has 148 valence electrons. The Labute approximate surface area is 157 Å². The summed E-state index contributed by atoms with van der Waals surface area (Å²) in [5, 5.41) is 9.73. The summed E-state index contributed by atoms with van der Waals surface area (Å²) in [5.41, 5.74) is -0.675. The average molecular weight is 393 g/mol. The molecule has 1 aliphatic carbocycles. The first-order chi connectivity index (χ1) is 13.4. The molecule has 0 saturated heterocycles. The van der Waals surface area contributed by atoms with Crippen molar-refractivity contribution in [1.29, 1.82) is 0 Å². The van der Waals surface area contributed by atoms with Crippen LogP contribution in [0.15, 0.2) is 41.2 Å². The molecule has 28 heavy (non-hydrogen) atoms. The van der Waals surface area contributed by atoms with E-state index < -0.39 is 11.9 Å². The zero-order valence-electron chi connectivity index (χ0n) is 14.7. The van der Waals surface area contributed by atoms with Gasteiger partial charge >= 0.3 is 6.18 Å². The van der Waals surface area contributed by atoms with Crippen LogP contribution >= 0.6 is 0 Å². The van der Waals surface area contributed by atoms with Crippen LogP contribution in [0.25, 0.3) is 5.65 Å². The predicted octanol–water partition coefficient (Wildman–Crippen LogP) is 3.49. The molecule has 0 atom stereocenters. The first-order valence-corrected chi connectivity index (χ1v) is 8.93. The zero-order chi connectivity index (χ0) is 19.7. The fraction of sp³-hybridized carbons (Fsp3) is 0.389. The second kappa shape index (κ2) is 7.17. The number of rotatable bonds is 4. The lowest BCUT2D eigenvalue weighted by Crippen LogP contribution is -2.40. The minimum absolute atomic E-state index is 0.0246. The van der Waals surface area contributed by atoms with Crippen LogP contribution in [0, 0.1) is 0 Å². The Morgan fingerprint density at radius 1 is 1.14 bits per heavy atom. The first kappa shape index (κ1) is 18.3. The van der Waals surface area contributed by atoms with Crippen LogP contribution in [0.2, 0.25) is 0 Å². The number of fused-ring (bicyclic) bond motifs is 1. The van der Waals surface area contributed by atoms with Crippen molar-refractivity contribution in [2.24, 2.45) is 0 Å². The van der Waals surface area contributed by atoms with Gasteiger partial charge in [0, 0.05) is 24.3 Å². The van der Waals surface area contributed by atoms with Gasteiger partial charge in [0.15, 0.2) is 5.69 Å². The maximum atomic E-state index is 12.9. The highest BCUT2D eigenvalue weighted by Gasteiger charge is 2.34. The van der Waals surface area contributed by atoms with E-state index in [9.17, 15) is 18.0 Å². The molecule has 7 nitrogen and oxygen atoms in total. The molecule has 4 rings (SSSR count). The molecule has 0 radical (unpaired) electrons. The van der Waals surface area contributed by atoms with Crippen molar-refractivity contribution >= 4 is 17.4 Å². The van der Waals surface area contributed by atoms with Crippen molar-refractivity contribution < 1.29 is 22.5 Å². The number of alkyl halides is 3. The standard InChI is InChI=1S/C18H18F3N5O2/c19-18(20,21)14-10-26-15(2-1-3-16(26)25-14)23-11-4-6-12(7-5-11)24-17(27)13-8-9-22-28-13/h1-3,8-12,23H,4-7H2,(H,24,27)/t11-,12+. The molecule has 3 aromatic rings. The zero-order valence-corrected chi connectivity index (χ0v) is 14.7. The van der Waals surface area contributed by atoms with Crippen molar-refractivity contribution in [2.75, 3.05) is 5.32 Å². The minimum atomic E-state index is -4.48. The molecule has 1 aliphatic rings. The lowest BCUT2D eigenvalue weighted by molar-refractivity contribution is -0.140. The molecule has 1 saturated carbocycles. The van der Waals surface area contributed by atoms with E-state index in [1.54, 1.807) is 12.1 Å². The van der Waals surface area contributed by atoms with E-state index in [0.717, 1.165) is 31.9 Å². The van der Waals surface area contributed by atoms with Crippen molar-refractivity contribution in [3.63, 3.8) is 0 Å². The number of nitrogens with one attached hydrogen (secondary N) is 2. The maximum absolute atomic E-state index is 12.9. The van der Waals surface area contributed by atoms with Gasteiger partial charge in [-0.1, -0.05) is 11.2 Å². The van der Waals surface area contributed by atoms with Gasteiger partial charge in [-0.25, -0.2) is 4.98 Å². The fourth-order valence-electron chi connectivity index (χ4n) is 3.45. The fourth-order valence-corrected chi connectivity index (χ4v) is 3.45. The molecule has 10 heteroatoms. The number of pyridine rings is 1. The summed E-state index contributed by atoms with van der Waals surface area (Å²) < 4.78 is 45.0. The van der Waals surface area contributed by atoms with E-state index >= 15 is 0 Å². The summed E-state index contributed by atoms with van der Waals surface area (Å²) in [6, 6.07) is 6.57. The van der Waals surface area contributed by atoms with Gasteiger partial charge in [0.05, 0.1) is 6.20 Å². The van der Waals surface area contributed by atoms with Gasteiger partial charge < -0.3 is 15.2 Å². The molecule has 0 aromatic carbocycles. The third kappa shape index (κ3) is 3.80. The van der Waals surface area contributed by atoms with Gasteiger partial charge in [-0.05, 0) is 37.8 Å². The number of carbonyl (C=O) groups is 1. The molecule has 0 unspecified atom stereocenters. The van der Waals surface area contributed by atoms with E-state index in [1.165, 1.54) is 22.7 Å². The second-order valence-corrected chi connectivity index (χ2v) is 6.81. The Balaban J connectivity index is 1.38. The number of carbonyl (C=O) groups excluding carboxylic acids is 1. The summed E-state index contributed by atoms with van der Waals surface area (Å²) >= 11 is 0. The largest absolute Gasteiger partial charge is 0.434 e. The highest BCUT2D eigenvalue weighted by Crippen LogP contribution is 2.30. The van der Waals surface area contributed by atoms with Crippen LogP contribution in [0.3, 0.4) is 0 Å². The Morgan fingerprint density at radius 2 is 1.89 bits per heavy atom. The highest BCUT2D eigenvalue weighted by molar-refractivity contribution is 5.91. The number of halogens is 3. The number of hydrogen-bond donors (Lipinski definition) is 2. The summed E-state index contributed by atoms with van der Waals surface area (Å²) in [5.74, 6) is 0.443. The second-order valence-electron chi connectivity index (χ2n) is 6.81. The van der Waals surface area contributed by atoms with Crippen LogP contribution in [-0.4, -0.2) is 32.5 Å². The monoisotopic (exact) mass is 393 g/mol. The number of amides is 1. The normalized spacial score (nSPS) is 20.2. The van der Waals surface area contributed by atoms with Gasteiger partial charge in [0.2, 0.25) is 5.76 Å². The van der Waals surface area contributed by atoms with Crippen molar-refractivity contribution in [3.05, 3.63) is 48.1 Å². The Hall–Kier alpha value is -3.04. The number of imidazole rings is 1. The third-order valence-electron chi connectivity index (χ3n) is 4.86. The summed E-state index contributed by atoms with van der Waals surface area (Å²) in [6.07, 6.45) is 0.994. The van der Waals surface area contributed by atoms with E-state index in [-0.39, 0.29) is 29.4 Å². The SMILES string of the molecule is O=C(N[C@H]1CC[C@@H](Nc2cccc3nc(C(F)(F)F)cn23)CC1)c1ccno1. The van der Waals surface area contributed by atoms with Gasteiger partial charge in [0.1, 0.15) is 11.5 Å². The molecule has 3 heterocycles. The van der Waals surface area contributed by atoms with Gasteiger partial charge in [-0.15, -0.1) is 0 Å². The average Bonchev–Trinajstić information content (AvgIpc) is 3.33. The van der Waals surface area contributed by atoms with Gasteiger partial charge in [-0.3, -0.25) is 9.20 Å². The summed E-state index contributed by atoms with van der Waals surface area (Å²) in [4.78, 5) is 15.7. The molecular weight excluding hydrogens is 375 g/mol. The van der Waals surface area contributed by atoms with E-state index in [1.807, 2.05) is 0 Å². The molecule has 1 amide bonds. The van der Waals surface area contributed by atoms with Crippen molar-refractivity contribution in [3.8, 4) is 0 Å². The van der Waals surface area contributed by atoms with Gasteiger partial charge in [-0.2, -0.15) is 13.2 Å². The number of anilines is 1. The quantitative estimate of drug-likeness (QED) is 0.709. The van der Waals surface area contributed by atoms with Crippen molar-refractivity contribution in [2.45, 2.75) is 43.9 Å². The number of aromatic nitrogens is 3. The van der Waals surface area contributed by atoms with E-state index in [4.69, 9.17) is 4.52 Å². The lowest BCUT2D eigenvalue weighted by Gasteiger charge is -2.30. The van der Waals surface area contributed by atoms with Crippen LogP contribution < -0.4 is 10.6 Å². The smallest absolute Gasteiger partial charge is 0.368 e. The Bertz CT molecular complexity index is 959. The summed E-state index contributed by atoms with van der Waals surface area (Å²) in [7, 11) is 0. The van der Waals surface area contributed by atoms with Gasteiger partial charge in [0.25, 0.3) is 5.91 Å². The van der Waals surface area contributed by atoms with Crippen LogP contribution in [0.1, 0.15) is 41.9 Å². The minimum Gasteiger partial charge on any atom is -0.368 e. The molecule has 1 fully saturated rings. The molecule has 3 aromatic heterocycles.